The summed E-state index contributed by atoms with van der Waals surface area (Å²) in [6, 6.07) is 22.7. The number of hydrogen-bond acceptors (Lipinski definition) is 6. The number of rotatable bonds is 10. The Kier molecular flexibility index (Phi) is 8.87. The number of benzene rings is 3. The highest BCUT2D eigenvalue weighted by Gasteiger charge is 2.30. The Bertz CT molecular complexity index is 1300. The first-order valence-corrected chi connectivity index (χ1v) is 14.3. The van der Waals surface area contributed by atoms with E-state index in [2.05, 4.69) is 17.0 Å². The monoisotopic (exact) mass is 543 g/mol. The third kappa shape index (κ3) is 7.32. The topological polar surface area (TPSA) is 93.1 Å². The van der Waals surface area contributed by atoms with Crippen LogP contribution in [0.2, 0.25) is 5.02 Å². The Morgan fingerprint density at radius 1 is 1.00 bits per heavy atom. The smallest absolute Gasteiger partial charge is 0.335 e. The van der Waals surface area contributed by atoms with Crippen LogP contribution in [0.1, 0.15) is 34.9 Å². The molecule has 0 aliphatic carbocycles. The number of ether oxygens (including phenoxy) is 1. The van der Waals surface area contributed by atoms with Gasteiger partial charge in [0.2, 0.25) is 0 Å². The van der Waals surface area contributed by atoms with Crippen molar-refractivity contribution >= 4 is 33.4 Å². The van der Waals surface area contributed by atoms with Crippen molar-refractivity contribution in [3.63, 3.8) is 0 Å². The lowest BCUT2D eigenvalue weighted by Gasteiger charge is -2.38. The zero-order chi connectivity index (χ0) is 26.4. The van der Waals surface area contributed by atoms with Gasteiger partial charge >= 0.3 is 5.97 Å². The summed E-state index contributed by atoms with van der Waals surface area (Å²) >= 11 is 6.11. The average molecular weight is 544 g/mol. The molecule has 7 nitrogen and oxygen atoms in total. The molecule has 4 rings (SSSR count). The van der Waals surface area contributed by atoms with Gasteiger partial charge in [-0.2, -0.15) is 8.42 Å². The van der Waals surface area contributed by atoms with Crippen molar-refractivity contribution in [2.45, 2.75) is 18.9 Å². The van der Waals surface area contributed by atoms with Crippen molar-refractivity contribution in [2.75, 3.05) is 37.5 Å². The summed E-state index contributed by atoms with van der Waals surface area (Å²) in [6.45, 7) is 1.68. The fourth-order valence-electron chi connectivity index (χ4n) is 4.75. The van der Waals surface area contributed by atoms with Gasteiger partial charge in [-0.25, -0.2) is 4.79 Å². The van der Waals surface area contributed by atoms with Gasteiger partial charge in [0.1, 0.15) is 0 Å². The van der Waals surface area contributed by atoms with E-state index in [9.17, 15) is 13.2 Å². The molecular formula is C28H30ClNO6S. The Morgan fingerprint density at radius 3 is 2.27 bits per heavy atom. The van der Waals surface area contributed by atoms with Gasteiger partial charge in [0.25, 0.3) is 10.1 Å². The van der Waals surface area contributed by atoms with Crippen molar-refractivity contribution in [3.05, 3.63) is 88.9 Å². The Hall–Kier alpha value is -2.91. The first kappa shape index (κ1) is 27.1. The zero-order valence-corrected chi connectivity index (χ0v) is 22.1. The molecule has 0 radical (unpaired) electrons. The van der Waals surface area contributed by atoms with Gasteiger partial charge in [0.15, 0.2) is 0 Å². The van der Waals surface area contributed by atoms with E-state index in [-0.39, 0.29) is 30.8 Å². The van der Waals surface area contributed by atoms with Gasteiger partial charge in [0, 0.05) is 23.8 Å². The van der Waals surface area contributed by atoms with Crippen molar-refractivity contribution in [1.29, 1.82) is 0 Å². The number of nitrogens with zero attached hydrogens (tertiary/aromatic N) is 1. The van der Waals surface area contributed by atoms with Gasteiger partial charge in [-0.3, -0.25) is 4.18 Å². The number of carboxylic acid groups (broad SMARTS) is 1. The van der Waals surface area contributed by atoms with Crippen LogP contribution >= 0.6 is 11.6 Å². The van der Waals surface area contributed by atoms with Crippen LogP contribution in [-0.2, 0) is 19.0 Å². The molecule has 0 aromatic heterocycles. The Morgan fingerprint density at radius 2 is 1.65 bits per heavy atom. The number of anilines is 1. The third-order valence-electron chi connectivity index (χ3n) is 6.55. The SMILES string of the molecule is CS(=O)(=O)OCCO[C@@H](c1ccccc1-c1ccc(Cl)cc1)C1CCN(c2ccc(C(=O)O)cc2)CC1. The lowest BCUT2D eigenvalue weighted by Crippen LogP contribution is -2.36. The molecule has 1 saturated heterocycles. The van der Waals surface area contributed by atoms with Crippen LogP contribution < -0.4 is 4.90 Å². The second-order valence-electron chi connectivity index (χ2n) is 9.09. The van der Waals surface area contributed by atoms with E-state index in [0.29, 0.717) is 5.02 Å². The molecule has 1 heterocycles. The lowest BCUT2D eigenvalue weighted by atomic mass is 9.84. The molecule has 1 aliphatic rings. The fourth-order valence-corrected chi connectivity index (χ4v) is 5.25. The molecule has 9 heteroatoms. The number of piperidine rings is 1. The minimum absolute atomic E-state index is 0.0484. The maximum absolute atomic E-state index is 11.4. The molecule has 1 atom stereocenters. The van der Waals surface area contributed by atoms with Crippen molar-refractivity contribution in [2.24, 2.45) is 5.92 Å². The van der Waals surface area contributed by atoms with E-state index >= 15 is 0 Å². The largest absolute Gasteiger partial charge is 0.478 e. The van der Waals surface area contributed by atoms with Gasteiger partial charge < -0.3 is 14.7 Å². The molecule has 0 amide bonds. The number of aromatic carboxylic acids is 1. The first-order chi connectivity index (χ1) is 17.7. The summed E-state index contributed by atoms with van der Waals surface area (Å²) in [6.07, 6.45) is 2.48. The van der Waals surface area contributed by atoms with Gasteiger partial charge in [0.05, 0.1) is 31.1 Å². The van der Waals surface area contributed by atoms with Gasteiger partial charge in [-0.05, 0) is 71.8 Å². The minimum Gasteiger partial charge on any atom is -0.478 e. The van der Waals surface area contributed by atoms with Crippen LogP contribution in [0.15, 0.2) is 72.8 Å². The molecule has 1 N–H and O–H groups in total. The molecule has 3 aromatic carbocycles. The van der Waals surface area contributed by atoms with Crippen LogP contribution in [0.5, 0.6) is 0 Å². The van der Waals surface area contributed by atoms with Crippen LogP contribution in [0.3, 0.4) is 0 Å². The van der Waals surface area contributed by atoms with E-state index in [1.54, 1.807) is 12.1 Å². The predicted octanol–water partition coefficient (Wildman–Crippen LogP) is 5.66. The Balaban J connectivity index is 1.54. The second kappa shape index (κ2) is 12.1. The molecule has 1 aliphatic heterocycles. The van der Waals surface area contributed by atoms with Crippen molar-refractivity contribution in [3.8, 4) is 11.1 Å². The molecule has 37 heavy (non-hydrogen) atoms. The molecule has 1 fully saturated rings. The predicted molar refractivity (Wildman–Crippen MR) is 145 cm³/mol. The first-order valence-electron chi connectivity index (χ1n) is 12.1. The standard InChI is InChI=1S/C28H30ClNO6S/c1-37(33,34)36-19-18-35-27(26-5-3-2-4-25(26)20-6-10-23(29)11-7-20)21-14-16-30(17-15-21)24-12-8-22(9-13-24)28(31)32/h2-13,21,27H,14-19H2,1H3,(H,31,32)/t27-/m1/s1. The number of carboxylic acids is 1. The van der Waals surface area contributed by atoms with E-state index in [0.717, 1.165) is 54.6 Å². The number of hydrogen-bond donors (Lipinski definition) is 1. The molecule has 0 bridgehead atoms. The summed E-state index contributed by atoms with van der Waals surface area (Å²) in [5.41, 5.74) is 4.36. The van der Waals surface area contributed by atoms with Crippen LogP contribution in [0.4, 0.5) is 5.69 Å². The highest BCUT2D eigenvalue weighted by atomic mass is 35.5. The quantitative estimate of drug-likeness (QED) is 0.260. The highest BCUT2D eigenvalue weighted by molar-refractivity contribution is 7.85. The summed E-state index contributed by atoms with van der Waals surface area (Å²) in [5, 5.41) is 9.83. The number of halogens is 1. The lowest BCUT2D eigenvalue weighted by molar-refractivity contribution is -0.00897. The molecular weight excluding hydrogens is 514 g/mol. The third-order valence-corrected chi connectivity index (χ3v) is 7.39. The summed E-state index contributed by atoms with van der Waals surface area (Å²) in [4.78, 5) is 13.4. The van der Waals surface area contributed by atoms with E-state index in [1.807, 2.05) is 48.5 Å². The average Bonchev–Trinajstić information content (AvgIpc) is 2.89. The molecule has 196 valence electrons. The Labute approximate surface area is 222 Å². The minimum atomic E-state index is -3.55. The second-order valence-corrected chi connectivity index (χ2v) is 11.2. The fraction of sp³-hybridized carbons (Fsp3) is 0.321. The summed E-state index contributed by atoms with van der Waals surface area (Å²) in [5.74, 6) is -0.745. The molecule has 3 aromatic rings. The normalized spacial score (nSPS) is 15.5. The van der Waals surface area contributed by atoms with Gasteiger partial charge in [-0.15, -0.1) is 0 Å². The van der Waals surface area contributed by atoms with Crippen molar-refractivity contribution < 1.29 is 27.2 Å². The molecule has 0 unspecified atom stereocenters. The van der Waals surface area contributed by atoms with E-state index in [1.165, 1.54) is 0 Å². The van der Waals surface area contributed by atoms with Crippen LogP contribution in [-0.4, -0.2) is 52.1 Å². The van der Waals surface area contributed by atoms with E-state index in [4.69, 9.17) is 25.6 Å². The molecule has 0 saturated carbocycles. The van der Waals surface area contributed by atoms with Gasteiger partial charge in [-0.1, -0.05) is 48.0 Å². The molecule has 0 spiro atoms. The highest BCUT2D eigenvalue weighted by Crippen LogP contribution is 2.39. The van der Waals surface area contributed by atoms with E-state index < -0.39 is 16.1 Å². The maximum atomic E-state index is 11.4. The van der Waals surface area contributed by atoms with Crippen molar-refractivity contribution in [1.82, 2.24) is 0 Å². The summed E-state index contributed by atoms with van der Waals surface area (Å²) < 4.78 is 34.1. The van der Waals surface area contributed by atoms with Crippen LogP contribution in [0.25, 0.3) is 11.1 Å². The summed E-state index contributed by atoms with van der Waals surface area (Å²) in [7, 11) is -3.55. The maximum Gasteiger partial charge on any atom is 0.335 e. The number of carbonyl (C=O) groups is 1. The van der Waals surface area contributed by atoms with Crippen LogP contribution in [0, 0.1) is 5.92 Å². The zero-order valence-electron chi connectivity index (χ0n) is 20.5.